The molecule has 0 spiro atoms. The van der Waals surface area contributed by atoms with E-state index in [-0.39, 0.29) is 6.03 Å². The molecule has 0 radical (unpaired) electrons. The standard InChI is InChI=1S/C11H23N3O/c1-11(2,3)4-5-12-6-8-14-9-7-13-10(14)15/h12H,4-9H2,1-3H3,(H,13,15). The van der Waals surface area contributed by atoms with Crippen molar-refractivity contribution >= 4 is 6.03 Å². The highest BCUT2D eigenvalue weighted by Crippen LogP contribution is 2.16. The zero-order chi connectivity index (χ0) is 11.3. The summed E-state index contributed by atoms with van der Waals surface area (Å²) in [6, 6.07) is 0.0765. The Bertz CT molecular complexity index is 210. The van der Waals surface area contributed by atoms with Crippen LogP contribution in [0.25, 0.3) is 0 Å². The highest BCUT2D eigenvalue weighted by molar-refractivity contribution is 5.76. The fourth-order valence-corrected chi connectivity index (χ4v) is 1.53. The molecule has 2 N–H and O–H groups in total. The van der Waals surface area contributed by atoms with Gasteiger partial charge in [-0.25, -0.2) is 4.79 Å². The molecule has 1 aliphatic rings. The molecule has 2 amide bonds. The lowest BCUT2D eigenvalue weighted by Crippen LogP contribution is -2.35. The van der Waals surface area contributed by atoms with Crippen LogP contribution in [0.2, 0.25) is 0 Å². The molecule has 0 aromatic heterocycles. The summed E-state index contributed by atoms with van der Waals surface area (Å²) in [7, 11) is 0. The maximum atomic E-state index is 11.2. The number of urea groups is 1. The fourth-order valence-electron chi connectivity index (χ4n) is 1.53. The van der Waals surface area contributed by atoms with Gasteiger partial charge in [-0.15, -0.1) is 0 Å². The van der Waals surface area contributed by atoms with Gasteiger partial charge in [-0.3, -0.25) is 0 Å². The molecule has 0 atom stereocenters. The number of carbonyl (C=O) groups excluding carboxylic acids is 1. The van der Waals surface area contributed by atoms with Crippen molar-refractivity contribution in [2.45, 2.75) is 27.2 Å². The zero-order valence-electron chi connectivity index (χ0n) is 10.1. The van der Waals surface area contributed by atoms with Gasteiger partial charge in [0, 0.05) is 26.2 Å². The minimum absolute atomic E-state index is 0.0765. The van der Waals surface area contributed by atoms with E-state index in [2.05, 4.69) is 31.4 Å². The van der Waals surface area contributed by atoms with Gasteiger partial charge in [0.1, 0.15) is 0 Å². The topological polar surface area (TPSA) is 44.4 Å². The number of nitrogens with zero attached hydrogens (tertiary/aromatic N) is 1. The average molecular weight is 213 g/mol. The average Bonchev–Trinajstić information content (AvgIpc) is 2.49. The van der Waals surface area contributed by atoms with Crippen molar-refractivity contribution in [2.24, 2.45) is 5.41 Å². The van der Waals surface area contributed by atoms with E-state index >= 15 is 0 Å². The molecule has 1 saturated heterocycles. The maximum Gasteiger partial charge on any atom is 0.317 e. The Labute approximate surface area is 92.4 Å². The van der Waals surface area contributed by atoms with E-state index < -0.39 is 0 Å². The van der Waals surface area contributed by atoms with Crippen molar-refractivity contribution < 1.29 is 4.79 Å². The van der Waals surface area contributed by atoms with E-state index in [1.165, 1.54) is 6.42 Å². The van der Waals surface area contributed by atoms with Crippen LogP contribution in [0.4, 0.5) is 4.79 Å². The van der Waals surface area contributed by atoms with Gasteiger partial charge in [0.15, 0.2) is 0 Å². The Balaban J connectivity index is 2.00. The summed E-state index contributed by atoms with van der Waals surface area (Å²) in [6.45, 7) is 11.1. The lowest BCUT2D eigenvalue weighted by molar-refractivity contribution is 0.217. The number of carbonyl (C=O) groups is 1. The maximum absolute atomic E-state index is 11.2. The van der Waals surface area contributed by atoms with Crippen LogP contribution in [-0.2, 0) is 0 Å². The summed E-state index contributed by atoms with van der Waals surface area (Å²) in [6.07, 6.45) is 1.17. The third-order valence-electron chi connectivity index (χ3n) is 2.56. The summed E-state index contributed by atoms with van der Waals surface area (Å²) in [5.41, 5.74) is 0.387. The molecule has 1 heterocycles. The second-order valence-electron chi connectivity index (χ2n) is 5.28. The minimum Gasteiger partial charge on any atom is -0.336 e. The van der Waals surface area contributed by atoms with Crippen LogP contribution in [0, 0.1) is 5.41 Å². The Morgan fingerprint density at radius 1 is 1.40 bits per heavy atom. The van der Waals surface area contributed by atoms with Gasteiger partial charge >= 0.3 is 6.03 Å². The van der Waals surface area contributed by atoms with E-state index in [1.807, 2.05) is 4.90 Å². The second kappa shape index (κ2) is 5.35. The first kappa shape index (κ1) is 12.3. The zero-order valence-corrected chi connectivity index (χ0v) is 10.1. The predicted molar refractivity (Wildman–Crippen MR) is 61.9 cm³/mol. The molecule has 15 heavy (non-hydrogen) atoms. The second-order valence-corrected chi connectivity index (χ2v) is 5.28. The van der Waals surface area contributed by atoms with Crippen molar-refractivity contribution in [1.82, 2.24) is 15.5 Å². The minimum atomic E-state index is 0.0765. The van der Waals surface area contributed by atoms with Crippen LogP contribution in [0.15, 0.2) is 0 Å². The Kier molecular flexibility index (Phi) is 4.39. The molecule has 0 aromatic carbocycles. The smallest absolute Gasteiger partial charge is 0.317 e. The number of amides is 2. The van der Waals surface area contributed by atoms with Gasteiger partial charge in [-0.1, -0.05) is 20.8 Å². The van der Waals surface area contributed by atoms with Gasteiger partial charge in [-0.05, 0) is 18.4 Å². The first-order chi connectivity index (χ1) is 6.99. The summed E-state index contributed by atoms with van der Waals surface area (Å²) in [5.74, 6) is 0. The van der Waals surface area contributed by atoms with Crippen LogP contribution < -0.4 is 10.6 Å². The highest BCUT2D eigenvalue weighted by Gasteiger charge is 2.18. The summed E-state index contributed by atoms with van der Waals surface area (Å²) in [4.78, 5) is 13.0. The van der Waals surface area contributed by atoms with E-state index in [1.54, 1.807) is 0 Å². The van der Waals surface area contributed by atoms with Gasteiger partial charge in [0.25, 0.3) is 0 Å². The molecule has 1 rings (SSSR count). The summed E-state index contributed by atoms with van der Waals surface area (Å²) < 4.78 is 0. The number of nitrogens with one attached hydrogen (secondary N) is 2. The Morgan fingerprint density at radius 2 is 2.13 bits per heavy atom. The first-order valence-corrected chi connectivity index (χ1v) is 5.72. The fraction of sp³-hybridized carbons (Fsp3) is 0.909. The molecule has 4 heteroatoms. The van der Waals surface area contributed by atoms with E-state index in [9.17, 15) is 4.79 Å². The third-order valence-corrected chi connectivity index (χ3v) is 2.56. The monoisotopic (exact) mass is 213 g/mol. The molecule has 0 saturated carbocycles. The van der Waals surface area contributed by atoms with Crippen molar-refractivity contribution in [3.63, 3.8) is 0 Å². The Morgan fingerprint density at radius 3 is 2.67 bits per heavy atom. The molecular formula is C11H23N3O. The van der Waals surface area contributed by atoms with Gasteiger partial charge < -0.3 is 15.5 Å². The summed E-state index contributed by atoms with van der Waals surface area (Å²) >= 11 is 0. The molecule has 0 bridgehead atoms. The molecule has 0 unspecified atom stereocenters. The largest absolute Gasteiger partial charge is 0.336 e. The van der Waals surface area contributed by atoms with Gasteiger partial charge in [-0.2, -0.15) is 0 Å². The number of rotatable bonds is 5. The van der Waals surface area contributed by atoms with Crippen LogP contribution >= 0.6 is 0 Å². The van der Waals surface area contributed by atoms with Crippen molar-refractivity contribution in [3.8, 4) is 0 Å². The first-order valence-electron chi connectivity index (χ1n) is 5.72. The van der Waals surface area contributed by atoms with Crippen molar-refractivity contribution in [2.75, 3.05) is 32.7 Å². The van der Waals surface area contributed by atoms with Crippen LogP contribution in [0.5, 0.6) is 0 Å². The molecule has 0 aliphatic carbocycles. The third kappa shape index (κ3) is 5.02. The number of hydrogen-bond donors (Lipinski definition) is 2. The van der Waals surface area contributed by atoms with E-state index in [0.29, 0.717) is 5.41 Å². The lowest BCUT2D eigenvalue weighted by atomic mass is 9.92. The van der Waals surface area contributed by atoms with E-state index in [4.69, 9.17) is 0 Å². The van der Waals surface area contributed by atoms with Crippen LogP contribution in [-0.4, -0.2) is 43.7 Å². The molecular weight excluding hydrogens is 190 g/mol. The summed E-state index contributed by atoms with van der Waals surface area (Å²) in [5, 5.41) is 6.16. The van der Waals surface area contributed by atoms with Crippen molar-refractivity contribution in [3.05, 3.63) is 0 Å². The van der Waals surface area contributed by atoms with Crippen LogP contribution in [0.1, 0.15) is 27.2 Å². The molecule has 88 valence electrons. The van der Waals surface area contributed by atoms with Crippen LogP contribution in [0.3, 0.4) is 0 Å². The molecule has 0 aromatic rings. The van der Waals surface area contributed by atoms with E-state index in [0.717, 1.165) is 32.7 Å². The SMILES string of the molecule is CC(C)(C)CCNCCN1CCNC1=O. The molecule has 1 fully saturated rings. The number of hydrogen-bond acceptors (Lipinski definition) is 2. The lowest BCUT2D eigenvalue weighted by Gasteiger charge is -2.19. The molecule has 1 aliphatic heterocycles. The normalized spacial score (nSPS) is 17.0. The quantitative estimate of drug-likeness (QED) is 0.670. The molecule has 4 nitrogen and oxygen atoms in total. The Hall–Kier alpha value is -0.770. The van der Waals surface area contributed by atoms with Gasteiger partial charge in [0.2, 0.25) is 0 Å². The van der Waals surface area contributed by atoms with Gasteiger partial charge in [0.05, 0.1) is 0 Å². The predicted octanol–water partition coefficient (Wildman–Crippen LogP) is 1.04. The van der Waals surface area contributed by atoms with Crippen molar-refractivity contribution in [1.29, 1.82) is 0 Å². The highest BCUT2D eigenvalue weighted by atomic mass is 16.2.